The number of H-pyrrole nitrogens is 1. The Morgan fingerprint density at radius 3 is 2.16 bits per heavy atom. The summed E-state index contributed by atoms with van der Waals surface area (Å²) in [6.07, 6.45) is 11.8. The van der Waals surface area contributed by atoms with E-state index in [0.29, 0.717) is 16.8 Å². The number of nitrogens with one attached hydrogen (secondary N) is 1. The van der Waals surface area contributed by atoms with Crippen LogP contribution in [0.25, 0.3) is 22.0 Å². The third kappa shape index (κ3) is 5.67. The number of aliphatic hydroxyl groups is 1. The number of hydrogen-bond donors (Lipinski definition) is 2. The largest absolute Gasteiger partial charge is 0.374 e. The molecule has 196 valence electrons. The van der Waals surface area contributed by atoms with E-state index in [1.807, 2.05) is 43.7 Å². The van der Waals surface area contributed by atoms with Crippen LogP contribution in [0, 0.1) is 0 Å². The van der Waals surface area contributed by atoms with Crippen molar-refractivity contribution in [1.29, 1.82) is 0 Å². The highest BCUT2D eigenvalue weighted by Crippen LogP contribution is 2.38. The lowest BCUT2D eigenvalue weighted by atomic mass is 9.83. The van der Waals surface area contributed by atoms with Crippen LogP contribution in [0.15, 0.2) is 90.6 Å². The molecule has 5 aromatic rings. The van der Waals surface area contributed by atoms with Gasteiger partial charge in [-0.1, -0.05) is 13.0 Å². The number of imidazole rings is 1. The Bertz CT molecular complexity index is 1610. The zero-order valence-corrected chi connectivity index (χ0v) is 22.9. The van der Waals surface area contributed by atoms with E-state index in [2.05, 4.69) is 26.9 Å². The Morgan fingerprint density at radius 2 is 1.61 bits per heavy atom. The maximum absolute atomic E-state index is 12.6. The second-order valence-electron chi connectivity index (χ2n) is 9.63. The Kier molecular flexibility index (Phi) is 8.05. The van der Waals surface area contributed by atoms with Crippen LogP contribution in [0.4, 0.5) is 0 Å². The number of pyridine rings is 3. The van der Waals surface area contributed by atoms with Crippen molar-refractivity contribution in [3.63, 3.8) is 0 Å². The summed E-state index contributed by atoms with van der Waals surface area (Å²) in [7, 11) is 0.0750. The number of aryl methyl sites for hydroxylation is 1. The van der Waals surface area contributed by atoms with E-state index in [1.54, 1.807) is 60.8 Å². The first kappa shape index (κ1) is 27.2. The first-order chi connectivity index (χ1) is 18.1. The first-order valence-electron chi connectivity index (χ1n) is 12.4. The number of aromatic amines is 1. The fourth-order valence-electron chi connectivity index (χ4n) is 4.52. The monoisotopic (exact) mass is 529 g/mol. The van der Waals surface area contributed by atoms with Gasteiger partial charge in [-0.25, -0.2) is 4.98 Å². The first-order valence-corrected chi connectivity index (χ1v) is 15.1. The second-order valence-corrected chi connectivity index (χ2v) is 13.2. The Labute approximate surface area is 221 Å². The molecule has 2 N–H and O–H groups in total. The quantitative estimate of drug-likeness (QED) is 0.299. The molecule has 4 heterocycles. The lowest BCUT2D eigenvalue weighted by molar-refractivity contribution is 0.121. The molecule has 0 aliphatic heterocycles. The number of fused-ring (bicyclic) bond motifs is 1. The molecule has 4 aromatic heterocycles. The third-order valence-electron chi connectivity index (χ3n) is 6.40. The summed E-state index contributed by atoms with van der Waals surface area (Å²) in [5.41, 5.74) is 2.68. The summed E-state index contributed by atoms with van der Waals surface area (Å²) < 4.78 is 12.4. The van der Waals surface area contributed by atoms with E-state index in [-0.39, 0.29) is 5.56 Å². The highest BCUT2D eigenvalue weighted by molar-refractivity contribution is 7.62. The van der Waals surface area contributed by atoms with Crippen LogP contribution in [0.1, 0.15) is 30.2 Å². The fraction of sp³-hybridized carbons (Fsp3) is 0.241. The lowest BCUT2D eigenvalue weighted by Gasteiger charge is -2.28. The van der Waals surface area contributed by atoms with Gasteiger partial charge in [0.05, 0.1) is 30.9 Å². The summed E-state index contributed by atoms with van der Waals surface area (Å²) in [6, 6.07) is 14.5. The van der Waals surface area contributed by atoms with E-state index in [1.165, 1.54) is 6.33 Å². The minimum atomic E-state index is -1.67. The Hall–Kier alpha value is -3.87. The van der Waals surface area contributed by atoms with Gasteiger partial charge in [0.2, 0.25) is 0 Å². The molecule has 0 amide bonds. The fourth-order valence-corrected chi connectivity index (χ4v) is 5.60. The van der Waals surface area contributed by atoms with Crippen molar-refractivity contribution in [2.75, 3.05) is 19.5 Å². The number of aromatic nitrogens is 5. The molecule has 9 heteroatoms. The molecule has 0 saturated carbocycles. The van der Waals surface area contributed by atoms with Gasteiger partial charge >= 0.3 is 0 Å². The van der Waals surface area contributed by atoms with Crippen molar-refractivity contribution in [2.45, 2.75) is 18.9 Å². The summed E-state index contributed by atoms with van der Waals surface area (Å²) in [5.74, 6) is 0. The SMILES string of the molecule is CCCP(C)(C)=O.Cn1c(=O)cc(-c2ccncc2)c2cc(C(O)(c3ccncc3)c3cnc[nH]3)ccc21. The number of nitrogens with zero attached hydrogens (tertiary/aromatic N) is 4. The van der Waals surface area contributed by atoms with Crippen molar-refractivity contribution in [2.24, 2.45) is 7.05 Å². The number of hydrogen-bond acceptors (Lipinski definition) is 6. The van der Waals surface area contributed by atoms with Crippen LogP contribution in [-0.4, -0.2) is 49.1 Å². The third-order valence-corrected chi connectivity index (χ3v) is 7.93. The van der Waals surface area contributed by atoms with E-state index in [9.17, 15) is 14.5 Å². The average molecular weight is 530 g/mol. The van der Waals surface area contributed by atoms with Gasteiger partial charge < -0.3 is 19.2 Å². The topological polar surface area (TPSA) is 114 Å². The van der Waals surface area contributed by atoms with E-state index in [0.717, 1.165) is 34.6 Å². The van der Waals surface area contributed by atoms with Crippen molar-refractivity contribution in [3.05, 3.63) is 113 Å². The smallest absolute Gasteiger partial charge is 0.251 e. The predicted octanol–water partition coefficient (Wildman–Crippen LogP) is 5.02. The van der Waals surface area contributed by atoms with Crippen molar-refractivity contribution < 1.29 is 9.67 Å². The molecule has 0 fully saturated rings. The predicted molar refractivity (Wildman–Crippen MR) is 152 cm³/mol. The minimum absolute atomic E-state index is 0.106. The van der Waals surface area contributed by atoms with Gasteiger partial charge in [0.15, 0.2) is 5.60 Å². The lowest BCUT2D eigenvalue weighted by Crippen LogP contribution is -2.29. The highest BCUT2D eigenvalue weighted by atomic mass is 31.2. The van der Waals surface area contributed by atoms with Gasteiger partial charge in [-0.15, -0.1) is 0 Å². The molecular weight excluding hydrogens is 497 g/mol. The average Bonchev–Trinajstić information content (AvgIpc) is 3.46. The molecular formula is C29H32N5O3P. The molecule has 0 radical (unpaired) electrons. The molecule has 0 saturated heterocycles. The van der Waals surface area contributed by atoms with Crippen molar-refractivity contribution in [1.82, 2.24) is 24.5 Å². The maximum atomic E-state index is 12.6. The van der Waals surface area contributed by atoms with Gasteiger partial charge in [-0.2, -0.15) is 0 Å². The molecule has 1 atom stereocenters. The highest BCUT2D eigenvalue weighted by Gasteiger charge is 2.35. The Morgan fingerprint density at radius 1 is 0.947 bits per heavy atom. The van der Waals surface area contributed by atoms with Gasteiger partial charge in [0.25, 0.3) is 5.56 Å². The molecule has 0 aliphatic rings. The van der Waals surface area contributed by atoms with Crippen LogP contribution in [0.3, 0.4) is 0 Å². The molecule has 0 aliphatic carbocycles. The van der Waals surface area contributed by atoms with E-state index < -0.39 is 12.7 Å². The molecule has 38 heavy (non-hydrogen) atoms. The minimum Gasteiger partial charge on any atom is -0.374 e. The van der Waals surface area contributed by atoms with Crippen LogP contribution in [0.5, 0.6) is 0 Å². The molecule has 1 aromatic carbocycles. The van der Waals surface area contributed by atoms with Crippen molar-refractivity contribution in [3.8, 4) is 11.1 Å². The van der Waals surface area contributed by atoms with Gasteiger partial charge in [0, 0.05) is 49.4 Å². The van der Waals surface area contributed by atoms with Crippen LogP contribution < -0.4 is 5.56 Å². The number of rotatable bonds is 6. The number of benzene rings is 1. The summed E-state index contributed by atoms with van der Waals surface area (Å²) in [6.45, 7) is 5.71. The van der Waals surface area contributed by atoms with Crippen molar-refractivity contribution >= 4 is 18.0 Å². The summed E-state index contributed by atoms with van der Waals surface area (Å²) >= 11 is 0. The zero-order chi connectivity index (χ0) is 27.3. The van der Waals surface area contributed by atoms with Crippen LogP contribution in [0.2, 0.25) is 0 Å². The molecule has 0 spiro atoms. The van der Waals surface area contributed by atoms with Gasteiger partial charge in [0.1, 0.15) is 0 Å². The molecule has 0 bridgehead atoms. The van der Waals surface area contributed by atoms with Crippen LogP contribution in [-0.2, 0) is 17.2 Å². The Balaban J connectivity index is 0.000000426. The summed E-state index contributed by atoms with van der Waals surface area (Å²) in [5, 5.41) is 12.8. The molecule has 8 nitrogen and oxygen atoms in total. The van der Waals surface area contributed by atoms with Gasteiger partial charge in [-0.3, -0.25) is 14.8 Å². The standard InChI is InChI=1S/C24H19N5O2.C5H13OP/c1-29-21-3-2-18(12-20(21)19(13-23(29)30)16-4-8-25-9-5-16)24(31,22-14-27-15-28-22)17-6-10-26-11-7-17;1-4-5-7(2,3)6/h2-15,31H,1H3,(H,27,28);4-5H2,1-3H3. The zero-order valence-electron chi connectivity index (χ0n) is 22.0. The normalized spacial score (nSPS) is 13.0. The summed E-state index contributed by atoms with van der Waals surface area (Å²) in [4.78, 5) is 27.9. The van der Waals surface area contributed by atoms with E-state index in [4.69, 9.17) is 0 Å². The van der Waals surface area contributed by atoms with Gasteiger partial charge in [-0.05, 0) is 78.4 Å². The van der Waals surface area contributed by atoms with Crippen LogP contribution >= 0.6 is 7.14 Å². The maximum Gasteiger partial charge on any atom is 0.251 e. The van der Waals surface area contributed by atoms with E-state index >= 15 is 0 Å². The second kappa shape index (κ2) is 11.3. The molecule has 1 unspecified atom stereocenters. The molecule has 5 rings (SSSR count).